The van der Waals surface area contributed by atoms with Gasteiger partial charge in [0.05, 0.1) is 6.42 Å². The molecule has 4 rings (SSSR count). The second-order valence-corrected chi connectivity index (χ2v) is 12.2. The zero-order valence-electron chi connectivity index (χ0n) is 24.7. The summed E-state index contributed by atoms with van der Waals surface area (Å²) in [6, 6.07) is 29.3. The van der Waals surface area contributed by atoms with Gasteiger partial charge in [0.15, 0.2) is 0 Å². The lowest BCUT2D eigenvalue weighted by Crippen LogP contribution is -2.29. The number of aryl methyl sites for hydroxylation is 2. The van der Waals surface area contributed by atoms with Gasteiger partial charge < -0.3 is 14.8 Å². The van der Waals surface area contributed by atoms with Crippen molar-refractivity contribution >= 4 is 23.6 Å². The van der Waals surface area contributed by atoms with Crippen LogP contribution in [0.1, 0.15) is 48.7 Å². The number of carbonyl (C=O) groups is 2. The van der Waals surface area contributed by atoms with Crippen LogP contribution in [0.3, 0.4) is 0 Å². The Hall–Kier alpha value is -4.24. The molecule has 44 heavy (non-hydrogen) atoms. The van der Waals surface area contributed by atoms with Crippen LogP contribution >= 0.6 is 11.8 Å². The quantitative estimate of drug-likeness (QED) is 0.170. The highest BCUT2D eigenvalue weighted by atomic mass is 32.2. The third-order valence-electron chi connectivity index (χ3n) is 6.39. The first-order valence-electron chi connectivity index (χ1n) is 14.2. The summed E-state index contributed by atoms with van der Waals surface area (Å²) in [6.07, 6.45) is -3.23. The van der Waals surface area contributed by atoms with Crippen molar-refractivity contribution in [2.24, 2.45) is 0 Å². The van der Waals surface area contributed by atoms with Crippen molar-refractivity contribution in [3.63, 3.8) is 0 Å². The summed E-state index contributed by atoms with van der Waals surface area (Å²) in [5, 5.41) is 2.75. The highest BCUT2D eigenvalue weighted by molar-refractivity contribution is 7.99. The number of amides is 1. The lowest BCUT2D eigenvalue weighted by atomic mass is 9.98. The van der Waals surface area contributed by atoms with E-state index in [-0.39, 0.29) is 30.6 Å². The van der Waals surface area contributed by atoms with Crippen LogP contribution < -0.4 is 10.1 Å². The SMILES string of the molecule is CC(C)(C)OC(=O)CCNC(=O)c1ccc(CCc2cc(-c3ccc(OC(F)(F)F)cc3)ccc2Sc2ccccc2)cc1. The zero-order chi connectivity index (χ0) is 31.7. The molecule has 0 aliphatic heterocycles. The minimum atomic E-state index is -4.74. The molecule has 0 saturated carbocycles. The van der Waals surface area contributed by atoms with Crippen LogP contribution in [0.5, 0.6) is 5.75 Å². The summed E-state index contributed by atoms with van der Waals surface area (Å²) in [5.41, 5.74) is 3.73. The molecule has 0 saturated heterocycles. The molecule has 0 aromatic heterocycles. The van der Waals surface area contributed by atoms with Gasteiger partial charge in [-0.05, 0) is 98.3 Å². The molecule has 9 heteroatoms. The maximum Gasteiger partial charge on any atom is 0.573 e. The monoisotopic (exact) mass is 621 g/mol. The molecule has 0 radical (unpaired) electrons. The first-order valence-corrected chi connectivity index (χ1v) is 15.0. The molecule has 0 aliphatic rings. The molecular formula is C35H34F3NO4S. The van der Waals surface area contributed by atoms with E-state index in [1.807, 2.05) is 54.6 Å². The number of hydrogen-bond acceptors (Lipinski definition) is 5. The van der Waals surface area contributed by atoms with E-state index in [4.69, 9.17) is 4.74 Å². The van der Waals surface area contributed by atoms with Crippen molar-refractivity contribution in [2.75, 3.05) is 6.54 Å². The van der Waals surface area contributed by atoms with Gasteiger partial charge in [-0.25, -0.2) is 0 Å². The largest absolute Gasteiger partial charge is 0.573 e. The first-order chi connectivity index (χ1) is 20.8. The Kier molecular flexibility index (Phi) is 10.8. The number of hydrogen-bond donors (Lipinski definition) is 1. The van der Waals surface area contributed by atoms with Gasteiger partial charge in [-0.3, -0.25) is 9.59 Å². The second kappa shape index (κ2) is 14.5. The Morgan fingerprint density at radius 3 is 2.09 bits per heavy atom. The fourth-order valence-corrected chi connectivity index (χ4v) is 5.37. The van der Waals surface area contributed by atoms with E-state index in [0.717, 1.165) is 32.0 Å². The van der Waals surface area contributed by atoms with Crippen molar-refractivity contribution in [2.45, 2.75) is 61.8 Å². The number of benzene rings is 4. The molecular weight excluding hydrogens is 587 g/mol. The number of carbonyl (C=O) groups excluding carboxylic acids is 2. The Morgan fingerprint density at radius 1 is 0.795 bits per heavy atom. The number of esters is 1. The smallest absolute Gasteiger partial charge is 0.460 e. The minimum Gasteiger partial charge on any atom is -0.460 e. The van der Waals surface area contributed by atoms with Crippen molar-refractivity contribution in [1.82, 2.24) is 5.32 Å². The van der Waals surface area contributed by atoms with Crippen LogP contribution in [0.25, 0.3) is 11.1 Å². The van der Waals surface area contributed by atoms with E-state index < -0.39 is 12.0 Å². The molecule has 0 unspecified atom stereocenters. The van der Waals surface area contributed by atoms with Gasteiger partial charge in [-0.2, -0.15) is 0 Å². The topological polar surface area (TPSA) is 64.6 Å². The van der Waals surface area contributed by atoms with E-state index >= 15 is 0 Å². The van der Waals surface area contributed by atoms with E-state index in [2.05, 4.69) is 16.1 Å². The van der Waals surface area contributed by atoms with Gasteiger partial charge in [0, 0.05) is 21.9 Å². The van der Waals surface area contributed by atoms with Crippen LogP contribution in [0.2, 0.25) is 0 Å². The van der Waals surface area contributed by atoms with Crippen LogP contribution in [-0.4, -0.2) is 30.4 Å². The fourth-order valence-electron chi connectivity index (χ4n) is 4.39. The number of halogens is 3. The molecule has 4 aromatic rings. The van der Waals surface area contributed by atoms with Gasteiger partial charge in [0.25, 0.3) is 5.91 Å². The van der Waals surface area contributed by atoms with Crippen LogP contribution in [0.4, 0.5) is 13.2 Å². The molecule has 4 aromatic carbocycles. The molecule has 0 fully saturated rings. The summed E-state index contributed by atoms with van der Waals surface area (Å²) in [7, 11) is 0. The first kappa shape index (κ1) is 32.7. The molecule has 5 nitrogen and oxygen atoms in total. The van der Waals surface area contributed by atoms with E-state index in [1.54, 1.807) is 56.8 Å². The van der Waals surface area contributed by atoms with Gasteiger partial charge in [0.1, 0.15) is 11.4 Å². The summed E-state index contributed by atoms with van der Waals surface area (Å²) >= 11 is 1.65. The second-order valence-electron chi connectivity index (χ2n) is 11.1. The Labute approximate surface area is 259 Å². The number of ether oxygens (including phenoxy) is 2. The van der Waals surface area contributed by atoms with Gasteiger partial charge >= 0.3 is 12.3 Å². The lowest BCUT2D eigenvalue weighted by Gasteiger charge is -2.19. The Balaban J connectivity index is 1.43. The standard InChI is InChI=1S/C35H34F3NO4S/c1-34(2,3)43-32(40)21-22-39-33(41)26-12-9-24(10-13-26)11-14-28-23-27(17-20-31(28)44-30-7-5-4-6-8-30)25-15-18-29(19-16-25)42-35(36,37)38/h4-10,12-13,15-20,23H,11,14,21-22H2,1-3H3,(H,39,41). The Bertz CT molecular complexity index is 1550. The maximum atomic E-state index is 12.6. The summed E-state index contributed by atoms with van der Waals surface area (Å²) < 4.78 is 47.0. The molecule has 0 heterocycles. The lowest BCUT2D eigenvalue weighted by molar-refractivity contribution is -0.274. The molecule has 0 aliphatic carbocycles. The molecule has 0 atom stereocenters. The average Bonchev–Trinajstić information content (AvgIpc) is 2.96. The number of rotatable bonds is 11. The van der Waals surface area contributed by atoms with Gasteiger partial charge in [0.2, 0.25) is 0 Å². The van der Waals surface area contributed by atoms with Crippen LogP contribution in [-0.2, 0) is 22.4 Å². The minimum absolute atomic E-state index is 0.0922. The van der Waals surface area contributed by atoms with E-state index in [0.29, 0.717) is 18.4 Å². The van der Waals surface area contributed by atoms with E-state index in [9.17, 15) is 22.8 Å². The summed E-state index contributed by atoms with van der Waals surface area (Å²) in [6.45, 7) is 5.57. The normalized spacial score (nSPS) is 11.6. The summed E-state index contributed by atoms with van der Waals surface area (Å²) in [5.74, 6) is -0.895. The third-order valence-corrected chi connectivity index (χ3v) is 7.51. The zero-order valence-corrected chi connectivity index (χ0v) is 25.6. The van der Waals surface area contributed by atoms with Crippen molar-refractivity contribution in [1.29, 1.82) is 0 Å². The fraction of sp³-hybridized carbons (Fsp3) is 0.257. The summed E-state index contributed by atoms with van der Waals surface area (Å²) in [4.78, 5) is 26.6. The molecule has 1 N–H and O–H groups in total. The molecule has 0 spiro atoms. The Morgan fingerprint density at radius 2 is 1.45 bits per heavy atom. The highest BCUT2D eigenvalue weighted by Crippen LogP contribution is 2.35. The number of alkyl halides is 3. The molecule has 230 valence electrons. The third kappa shape index (κ3) is 10.5. The van der Waals surface area contributed by atoms with Gasteiger partial charge in [-0.15, -0.1) is 13.2 Å². The van der Waals surface area contributed by atoms with E-state index in [1.165, 1.54) is 12.1 Å². The highest BCUT2D eigenvalue weighted by Gasteiger charge is 2.31. The number of nitrogens with one attached hydrogen (secondary N) is 1. The van der Waals surface area contributed by atoms with Gasteiger partial charge in [-0.1, -0.05) is 66.4 Å². The van der Waals surface area contributed by atoms with Crippen molar-refractivity contribution < 1.29 is 32.2 Å². The predicted molar refractivity (Wildman–Crippen MR) is 166 cm³/mol. The van der Waals surface area contributed by atoms with Crippen LogP contribution in [0, 0.1) is 0 Å². The van der Waals surface area contributed by atoms with Crippen molar-refractivity contribution in [3.8, 4) is 16.9 Å². The molecule has 1 amide bonds. The van der Waals surface area contributed by atoms with Crippen molar-refractivity contribution in [3.05, 3.63) is 114 Å². The average molecular weight is 622 g/mol. The molecule has 0 bridgehead atoms. The van der Waals surface area contributed by atoms with Crippen LogP contribution in [0.15, 0.2) is 107 Å². The maximum absolute atomic E-state index is 12.6. The predicted octanol–water partition coefficient (Wildman–Crippen LogP) is 8.65.